The van der Waals surface area contributed by atoms with Crippen LogP contribution in [0, 0.1) is 0 Å². The number of ether oxygens (including phenoxy) is 2. The number of nitrogens with one attached hydrogen (secondary N) is 2. The number of alkyl halides is 5. The number of thiocarbonyl (C=S) groups is 1. The Kier molecular flexibility index (Phi) is 10.2. The van der Waals surface area contributed by atoms with Crippen molar-refractivity contribution in [3.63, 3.8) is 0 Å². The Bertz CT molecular complexity index is 1770. The lowest BCUT2D eigenvalue weighted by Gasteiger charge is -2.20. The van der Waals surface area contributed by atoms with Crippen LogP contribution in [0.3, 0.4) is 0 Å². The summed E-state index contributed by atoms with van der Waals surface area (Å²) in [7, 11) is 1.58. The number of anilines is 1. The van der Waals surface area contributed by atoms with Gasteiger partial charge in [0.25, 0.3) is 0 Å². The zero-order chi connectivity index (χ0) is 33.8. The van der Waals surface area contributed by atoms with E-state index in [-0.39, 0.29) is 22.8 Å². The van der Waals surface area contributed by atoms with Crippen molar-refractivity contribution in [2.45, 2.75) is 31.9 Å². The second-order valence-corrected chi connectivity index (χ2v) is 11.3. The third-order valence-electron chi connectivity index (χ3n) is 6.73. The number of hydrogen-bond acceptors (Lipinski definition) is 8. The van der Waals surface area contributed by atoms with Crippen LogP contribution in [-0.2, 0) is 16.1 Å². The first-order chi connectivity index (χ1) is 22.4. The number of aliphatic imine (C=N–C) groups is 1. The Morgan fingerprint density at radius 1 is 1.06 bits per heavy atom. The van der Waals surface area contributed by atoms with Crippen molar-refractivity contribution in [3.05, 3.63) is 90.3 Å². The smallest absolute Gasteiger partial charge is 0.426 e. The summed E-state index contributed by atoms with van der Waals surface area (Å²) in [5, 5.41) is 4.96. The topological polar surface area (TPSA) is 106 Å². The van der Waals surface area contributed by atoms with E-state index in [0.717, 1.165) is 23.3 Å². The number of rotatable bonds is 10. The van der Waals surface area contributed by atoms with E-state index in [2.05, 4.69) is 30.7 Å². The number of para-hydroxylation sites is 1. The molecule has 0 spiro atoms. The van der Waals surface area contributed by atoms with Crippen molar-refractivity contribution in [1.82, 2.24) is 25.6 Å². The second kappa shape index (κ2) is 14.1. The first-order valence-corrected chi connectivity index (χ1v) is 15.2. The number of nitrogens with zero attached hydrogens (tertiary/aromatic N) is 5. The molecule has 0 radical (unpaired) electrons. The molecule has 17 heteroatoms. The van der Waals surface area contributed by atoms with Gasteiger partial charge in [0.1, 0.15) is 12.1 Å². The van der Waals surface area contributed by atoms with Crippen LogP contribution in [0.2, 0.25) is 0 Å². The van der Waals surface area contributed by atoms with Crippen molar-refractivity contribution in [3.8, 4) is 22.8 Å². The van der Waals surface area contributed by atoms with Gasteiger partial charge in [0.2, 0.25) is 11.0 Å². The van der Waals surface area contributed by atoms with E-state index in [1.54, 1.807) is 19.2 Å². The van der Waals surface area contributed by atoms with Crippen molar-refractivity contribution in [1.29, 1.82) is 0 Å². The van der Waals surface area contributed by atoms with Crippen LogP contribution in [0.1, 0.15) is 24.1 Å². The molecule has 1 saturated heterocycles. The summed E-state index contributed by atoms with van der Waals surface area (Å²) < 4.78 is 74.0. The maximum Gasteiger partial charge on any atom is 0.499 e. The Hall–Kier alpha value is -4.45. The van der Waals surface area contributed by atoms with E-state index in [0.29, 0.717) is 34.5 Å². The number of aromatic nitrogens is 3. The number of hydrazine groups is 1. The Morgan fingerprint density at radius 2 is 1.77 bits per heavy atom. The second-order valence-electron chi connectivity index (χ2n) is 10.0. The number of carbonyl (C=O) groups excluding carboxylic acids is 1. The molecule has 0 bridgehead atoms. The number of methoxy groups -OCH3 is 1. The maximum atomic E-state index is 13.2. The van der Waals surface area contributed by atoms with Gasteiger partial charge in [-0.3, -0.25) is 15.1 Å². The third-order valence-corrected chi connectivity index (χ3v) is 7.85. The fourth-order valence-electron chi connectivity index (χ4n) is 4.37. The molecule has 1 aliphatic rings. The average molecular weight is 692 g/mol. The highest BCUT2D eigenvalue weighted by Crippen LogP contribution is 2.37. The standard InChI is InChI=1S/C30H26F5N7O3S2/c1-18(38-39-27(46)37-28-42(25(43)16-47-28)24-6-4-3-5-21(24)15-44-2)19-7-9-20(10-8-19)26-36-17-41(40-26)22-11-13-23(14-12-22)45-30(34,35)29(31,32)33/h3-14,17-18,38H,15-16H2,1-2H3,(H,39,46)/b37-28-. The minimum Gasteiger partial charge on any atom is -0.426 e. The van der Waals surface area contributed by atoms with E-state index in [9.17, 15) is 26.7 Å². The van der Waals surface area contributed by atoms with Gasteiger partial charge in [0, 0.05) is 24.3 Å². The molecule has 246 valence electrons. The Labute approximate surface area is 274 Å². The molecule has 1 aromatic heterocycles. The molecule has 1 atom stereocenters. The number of amides is 1. The highest BCUT2D eigenvalue weighted by Gasteiger charge is 2.61. The van der Waals surface area contributed by atoms with E-state index < -0.39 is 18.0 Å². The van der Waals surface area contributed by atoms with Gasteiger partial charge in [0.05, 0.1) is 23.7 Å². The SMILES string of the molecule is COCc1ccccc1N1C(=O)CS/C1=N\C(=S)NNC(C)c1ccc(-c2ncn(-c3ccc(OC(F)(F)C(F)(F)F)cc3)n2)cc1. The first-order valence-electron chi connectivity index (χ1n) is 13.8. The van der Waals surface area contributed by atoms with Crippen LogP contribution in [0.25, 0.3) is 17.1 Å². The number of halogens is 5. The Balaban J connectivity index is 1.18. The molecule has 2 heterocycles. The molecule has 1 fully saturated rings. The van der Waals surface area contributed by atoms with E-state index in [4.69, 9.17) is 17.0 Å². The lowest BCUT2D eigenvalue weighted by atomic mass is 10.1. The van der Waals surface area contributed by atoms with Crippen LogP contribution < -0.4 is 20.5 Å². The molecule has 1 unspecified atom stereocenters. The fourth-order valence-corrected chi connectivity index (χ4v) is 5.44. The zero-order valence-corrected chi connectivity index (χ0v) is 26.3. The molecule has 1 aliphatic heterocycles. The summed E-state index contributed by atoms with van der Waals surface area (Å²) in [6.45, 7) is 2.24. The van der Waals surface area contributed by atoms with Gasteiger partial charge >= 0.3 is 12.3 Å². The molecule has 4 aromatic rings. The normalized spacial score (nSPS) is 15.3. The largest absolute Gasteiger partial charge is 0.499 e. The zero-order valence-electron chi connectivity index (χ0n) is 24.7. The van der Waals surface area contributed by atoms with Gasteiger partial charge < -0.3 is 9.47 Å². The summed E-state index contributed by atoms with van der Waals surface area (Å²) in [5.41, 5.74) is 9.47. The minimum absolute atomic E-state index is 0.111. The van der Waals surface area contributed by atoms with Crippen molar-refractivity contribution >= 4 is 45.9 Å². The monoisotopic (exact) mass is 691 g/mol. The van der Waals surface area contributed by atoms with Crippen molar-refractivity contribution < 1.29 is 36.2 Å². The van der Waals surface area contributed by atoms with Gasteiger partial charge in [-0.1, -0.05) is 54.2 Å². The van der Waals surface area contributed by atoms with Gasteiger partial charge in [0.15, 0.2) is 11.0 Å². The minimum atomic E-state index is -5.84. The van der Waals surface area contributed by atoms with Crippen LogP contribution in [0.4, 0.5) is 27.6 Å². The number of thioether (sulfide) groups is 1. The van der Waals surface area contributed by atoms with Crippen molar-refractivity contribution in [2.24, 2.45) is 4.99 Å². The number of benzene rings is 3. The molecule has 1 amide bonds. The Morgan fingerprint density at radius 3 is 2.45 bits per heavy atom. The highest BCUT2D eigenvalue weighted by molar-refractivity contribution is 8.15. The predicted molar refractivity (Wildman–Crippen MR) is 170 cm³/mol. The van der Waals surface area contributed by atoms with E-state index in [1.807, 2.05) is 43.3 Å². The molecule has 47 heavy (non-hydrogen) atoms. The highest BCUT2D eigenvalue weighted by atomic mass is 32.2. The van der Waals surface area contributed by atoms with E-state index in [1.165, 1.54) is 39.8 Å². The fraction of sp³-hybridized carbons (Fsp3) is 0.233. The summed E-state index contributed by atoms with van der Waals surface area (Å²) in [5.74, 6) is -0.173. The summed E-state index contributed by atoms with van der Waals surface area (Å²) in [6.07, 6.45) is -9.78. The van der Waals surface area contributed by atoms with Crippen LogP contribution in [-0.4, -0.2) is 56.1 Å². The lowest BCUT2D eigenvalue weighted by molar-refractivity contribution is -0.360. The molecule has 0 saturated carbocycles. The first kappa shape index (κ1) is 33.9. The molecule has 2 N–H and O–H groups in total. The summed E-state index contributed by atoms with van der Waals surface area (Å²) in [6, 6.07) is 19.1. The molecular formula is C30H26F5N7O3S2. The molecule has 0 aliphatic carbocycles. The molecule has 10 nitrogen and oxygen atoms in total. The van der Waals surface area contributed by atoms with Crippen LogP contribution in [0.5, 0.6) is 5.75 Å². The maximum absolute atomic E-state index is 13.2. The summed E-state index contributed by atoms with van der Waals surface area (Å²) >= 11 is 6.70. The van der Waals surface area contributed by atoms with Gasteiger partial charge in [-0.2, -0.15) is 26.9 Å². The quantitative estimate of drug-likeness (QED) is 0.114. The third kappa shape index (κ3) is 7.93. The lowest BCUT2D eigenvalue weighted by Crippen LogP contribution is -2.41. The van der Waals surface area contributed by atoms with Gasteiger partial charge in [-0.25, -0.2) is 15.1 Å². The van der Waals surface area contributed by atoms with Crippen molar-refractivity contribution in [2.75, 3.05) is 17.8 Å². The molecule has 3 aromatic carbocycles. The average Bonchev–Trinajstić information content (AvgIpc) is 3.67. The van der Waals surface area contributed by atoms with Gasteiger partial charge in [-0.15, -0.1) is 5.10 Å². The molecule has 5 rings (SSSR count). The summed E-state index contributed by atoms with van der Waals surface area (Å²) in [4.78, 5) is 23.0. The number of amidine groups is 1. The van der Waals surface area contributed by atoms with Crippen LogP contribution in [0.15, 0.2) is 84.1 Å². The van der Waals surface area contributed by atoms with Crippen LogP contribution >= 0.6 is 24.0 Å². The van der Waals surface area contributed by atoms with Gasteiger partial charge in [-0.05, 0) is 55.0 Å². The van der Waals surface area contributed by atoms with E-state index >= 15 is 0 Å². The number of carbonyl (C=O) groups is 1. The predicted octanol–water partition coefficient (Wildman–Crippen LogP) is 6.19. The molecular weight excluding hydrogens is 666 g/mol. The number of hydrogen-bond donors (Lipinski definition) is 2.